The van der Waals surface area contributed by atoms with Gasteiger partial charge in [0.25, 0.3) is 0 Å². The average molecular weight is 252 g/mol. The van der Waals surface area contributed by atoms with Crippen molar-refractivity contribution in [1.82, 2.24) is 0 Å². The Morgan fingerprint density at radius 1 is 1.11 bits per heavy atom. The molecule has 0 radical (unpaired) electrons. The number of aliphatic imine (C=N–C) groups is 1. The number of hydrogen-bond donors (Lipinski definition) is 1. The Labute approximate surface area is 112 Å². The van der Waals surface area contributed by atoms with Gasteiger partial charge in [-0.15, -0.1) is 0 Å². The van der Waals surface area contributed by atoms with Crippen molar-refractivity contribution in [3.05, 3.63) is 65.7 Å². The molecule has 96 valence electrons. The van der Waals surface area contributed by atoms with Crippen LogP contribution in [0.5, 0.6) is 0 Å². The predicted octanol–water partition coefficient (Wildman–Crippen LogP) is 2.85. The third-order valence-electron chi connectivity index (χ3n) is 2.73. The summed E-state index contributed by atoms with van der Waals surface area (Å²) in [6.45, 7) is 1.46. The van der Waals surface area contributed by atoms with E-state index in [0.717, 1.165) is 16.8 Å². The summed E-state index contributed by atoms with van der Waals surface area (Å²) in [6, 6.07) is 17.4. The molecule has 0 unspecified atom stereocenters. The van der Waals surface area contributed by atoms with Gasteiger partial charge in [0.2, 0.25) is 5.91 Å². The molecule has 3 heteroatoms. The van der Waals surface area contributed by atoms with Crippen molar-refractivity contribution in [1.29, 1.82) is 0 Å². The van der Waals surface area contributed by atoms with Crippen molar-refractivity contribution in [3.63, 3.8) is 0 Å². The van der Waals surface area contributed by atoms with E-state index in [1.807, 2.05) is 54.6 Å². The van der Waals surface area contributed by atoms with Gasteiger partial charge in [-0.2, -0.15) is 0 Å². The molecule has 1 amide bonds. The molecule has 2 aromatic rings. The molecule has 0 aliphatic carbocycles. The van der Waals surface area contributed by atoms with Crippen LogP contribution in [0.25, 0.3) is 0 Å². The lowest BCUT2D eigenvalue weighted by Gasteiger charge is -2.07. The van der Waals surface area contributed by atoms with E-state index in [0.29, 0.717) is 12.1 Å². The molecule has 0 aliphatic heterocycles. The van der Waals surface area contributed by atoms with Crippen molar-refractivity contribution in [2.45, 2.75) is 13.3 Å². The minimum absolute atomic E-state index is 0.201. The fraction of sp³-hybridized carbons (Fsp3) is 0.125. The summed E-state index contributed by atoms with van der Waals surface area (Å²) in [7, 11) is 0. The van der Waals surface area contributed by atoms with Crippen LogP contribution in [0.4, 0.5) is 5.69 Å². The Bertz CT molecular complexity index is 603. The number of nitrogen functional groups attached to an aromatic ring is 1. The van der Waals surface area contributed by atoms with Crippen molar-refractivity contribution in [3.8, 4) is 0 Å². The van der Waals surface area contributed by atoms with Gasteiger partial charge in [-0.3, -0.25) is 4.79 Å². The molecule has 19 heavy (non-hydrogen) atoms. The highest BCUT2D eigenvalue weighted by atomic mass is 16.1. The van der Waals surface area contributed by atoms with E-state index in [4.69, 9.17) is 5.73 Å². The lowest BCUT2D eigenvalue weighted by molar-refractivity contribution is -0.115. The van der Waals surface area contributed by atoms with E-state index >= 15 is 0 Å². The van der Waals surface area contributed by atoms with Gasteiger partial charge in [0.1, 0.15) is 0 Å². The topological polar surface area (TPSA) is 55.5 Å². The van der Waals surface area contributed by atoms with E-state index in [2.05, 4.69) is 4.99 Å². The Balaban J connectivity index is 2.35. The summed E-state index contributed by atoms with van der Waals surface area (Å²) in [5.41, 5.74) is 9.19. The first-order valence-electron chi connectivity index (χ1n) is 6.13. The van der Waals surface area contributed by atoms with Crippen LogP contribution in [0.15, 0.2) is 59.6 Å². The quantitative estimate of drug-likeness (QED) is 0.674. The maximum absolute atomic E-state index is 11.3. The highest BCUT2D eigenvalue weighted by Crippen LogP contribution is 2.12. The molecular formula is C16H16N2O. The molecule has 0 spiro atoms. The van der Waals surface area contributed by atoms with E-state index in [1.165, 1.54) is 6.92 Å². The summed E-state index contributed by atoms with van der Waals surface area (Å²) in [5.74, 6) is -0.201. The smallest absolute Gasteiger partial charge is 0.242 e. The number of carbonyl (C=O) groups excluding carboxylic acids is 1. The van der Waals surface area contributed by atoms with Gasteiger partial charge >= 0.3 is 0 Å². The standard InChI is InChI=1S/C16H16N2O/c1-12(19)18-16(10-13-6-3-2-4-7-13)14-8-5-9-15(17)11-14/h2-9,11H,10,17H2,1H3. The van der Waals surface area contributed by atoms with Crippen LogP contribution in [-0.2, 0) is 11.2 Å². The number of anilines is 1. The van der Waals surface area contributed by atoms with Gasteiger partial charge in [0, 0.05) is 19.0 Å². The van der Waals surface area contributed by atoms with E-state index in [9.17, 15) is 4.79 Å². The van der Waals surface area contributed by atoms with Gasteiger partial charge in [-0.05, 0) is 23.3 Å². The first-order chi connectivity index (χ1) is 9.15. The highest BCUT2D eigenvalue weighted by Gasteiger charge is 2.06. The largest absolute Gasteiger partial charge is 0.399 e. The van der Waals surface area contributed by atoms with Gasteiger partial charge in [0.15, 0.2) is 0 Å². The minimum atomic E-state index is -0.201. The molecule has 3 nitrogen and oxygen atoms in total. The maximum atomic E-state index is 11.3. The molecule has 0 heterocycles. The molecule has 0 atom stereocenters. The van der Waals surface area contributed by atoms with Crippen molar-refractivity contribution in [2.24, 2.45) is 4.99 Å². The predicted molar refractivity (Wildman–Crippen MR) is 78.2 cm³/mol. The second-order valence-electron chi connectivity index (χ2n) is 4.37. The van der Waals surface area contributed by atoms with Crippen LogP contribution in [0.1, 0.15) is 18.1 Å². The second-order valence-corrected chi connectivity index (χ2v) is 4.37. The molecule has 2 aromatic carbocycles. The average Bonchev–Trinajstić information content (AvgIpc) is 2.39. The molecule has 0 fully saturated rings. The van der Waals surface area contributed by atoms with Crippen LogP contribution in [0.2, 0.25) is 0 Å². The van der Waals surface area contributed by atoms with Crippen LogP contribution in [0, 0.1) is 0 Å². The molecule has 0 saturated heterocycles. The van der Waals surface area contributed by atoms with Crippen LogP contribution in [-0.4, -0.2) is 11.6 Å². The number of nitrogens with two attached hydrogens (primary N) is 1. The zero-order valence-corrected chi connectivity index (χ0v) is 10.8. The van der Waals surface area contributed by atoms with E-state index < -0.39 is 0 Å². The summed E-state index contributed by atoms with van der Waals surface area (Å²) in [4.78, 5) is 15.4. The Hall–Kier alpha value is -2.42. The first-order valence-corrected chi connectivity index (χ1v) is 6.13. The lowest BCUT2D eigenvalue weighted by atomic mass is 10.0. The summed E-state index contributed by atoms with van der Waals surface area (Å²) in [5, 5.41) is 0. The number of carbonyl (C=O) groups is 1. The maximum Gasteiger partial charge on any atom is 0.242 e. The van der Waals surface area contributed by atoms with Gasteiger partial charge in [0.05, 0.1) is 5.71 Å². The van der Waals surface area contributed by atoms with Gasteiger partial charge in [-0.25, -0.2) is 4.99 Å². The third kappa shape index (κ3) is 3.78. The Kier molecular flexibility index (Phi) is 4.08. The molecule has 0 aromatic heterocycles. The van der Waals surface area contributed by atoms with Gasteiger partial charge < -0.3 is 5.73 Å². The fourth-order valence-electron chi connectivity index (χ4n) is 1.90. The van der Waals surface area contributed by atoms with Crippen molar-refractivity contribution < 1.29 is 4.79 Å². The zero-order valence-electron chi connectivity index (χ0n) is 10.8. The second kappa shape index (κ2) is 5.96. The molecule has 0 saturated carbocycles. The van der Waals surface area contributed by atoms with E-state index in [1.54, 1.807) is 0 Å². The molecule has 0 aliphatic rings. The zero-order chi connectivity index (χ0) is 13.7. The number of nitrogens with zero attached hydrogens (tertiary/aromatic N) is 1. The molecule has 2 rings (SSSR count). The van der Waals surface area contributed by atoms with Gasteiger partial charge in [-0.1, -0.05) is 42.5 Å². The minimum Gasteiger partial charge on any atom is -0.399 e. The Morgan fingerprint density at radius 3 is 2.47 bits per heavy atom. The molecule has 0 bridgehead atoms. The number of amides is 1. The van der Waals surface area contributed by atoms with Crippen molar-refractivity contribution in [2.75, 3.05) is 5.73 Å². The molecule has 2 N–H and O–H groups in total. The Morgan fingerprint density at radius 2 is 1.84 bits per heavy atom. The van der Waals surface area contributed by atoms with Crippen LogP contribution < -0.4 is 5.73 Å². The molecular weight excluding hydrogens is 236 g/mol. The SMILES string of the molecule is CC(=O)N=C(Cc1ccccc1)c1cccc(N)c1. The lowest BCUT2D eigenvalue weighted by Crippen LogP contribution is -2.08. The number of rotatable bonds is 3. The fourth-order valence-corrected chi connectivity index (χ4v) is 1.90. The number of hydrogen-bond acceptors (Lipinski definition) is 2. The van der Waals surface area contributed by atoms with Crippen LogP contribution >= 0.6 is 0 Å². The van der Waals surface area contributed by atoms with Crippen molar-refractivity contribution >= 4 is 17.3 Å². The monoisotopic (exact) mass is 252 g/mol. The van der Waals surface area contributed by atoms with E-state index in [-0.39, 0.29) is 5.91 Å². The highest BCUT2D eigenvalue weighted by molar-refractivity contribution is 6.07. The van der Waals surface area contributed by atoms with Crippen LogP contribution in [0.3, 0.4) is 0 Å². The summed E-state index contributed by atoms with van der Waals surface area (Å²) in [6.07, 6.45) is 0.615. The summed E-state index contributed by atoms with van der Waals surface area (Å²) < 4.78 is 0. The normalized spacial score (nSPS) is 11.3. The summed E-state index contributed by atoms with van der Waals surface area (Å²) >= 11 is 0. The third-order valence-corrected chi connectivity index (χ3v) is 2.73. The number of benzene rings is 2. The first kappa shape index (κ1) is 13.0.